The molecule has 3 rings (SSSR count). The van der Waals surface area contributed by atoms with Crippen LogP contribution in [0.1, 0.15) is 42.9 Å². The maximum Gasteiger partial charge on any atom is 0.244 e. The number of aryl methyl sites for hydroxylation is 2. The van der Waals surface area contributed by atoms with Crippen molar-refractivity contribution in [3.8, 4) is 0 Å². The zero-order valence-electron chi connectivity index (χ0n) is 13.8. The zero-order chi connectivity index (χ0) is 16.2. The van der Waals surface area contributed by atoms with Crippen LogP contribution in [0, 0.1) is 13.8 Å². The van der Waals surface area contributed by atoms with Crippen LogP contribution in [0.4, 0.5) is 11.5 Å². The van der Waals surface area contributed by atoms with E-state index >= 15 is 0 Å². The third-order valence-corrected chi connectivity index (χ3v) is 4.43. The van der Waals surface area contributed by atoms with Gasteiger partial charge >= 0.3 is 0 Å². The van der Waals surface area contributed by atoms with Gasteiger partial charge in [-0.05, 0) is 38.3 Å². The van der Waals surface area contributed by atoms with Crippen molar-refractivity contribution in [2.24, 2.45) is 0 Å². The molecule has 2 N–H and O–H groups in total. The Morgan fingerprint density at radius 3 is 2.78 bits per heavy atom. The molecule has 1 aliphatic rings. The summed E-state index contributed by atoms with van der Waals surface area (Å²) < 4.78 is 1.96. The monoisotopic (exact) mass is 312 g/mol. The lowest BCUT2D eigenvalue weighted by Gasteiger charge is -2.15. The number of carbonyl (C=O) groups excluding carboxylic acids is 1. The van der Waals surface area contributed by atoms with E-state index in [1.807, 2.05) is 29.8 Å². The maximum absolute atomic E-state index is 12.2. The number of rotatable bonds is 5. The molecule has 5 heteroatoms. The van der Waals surface area contributed by atoms with E-state index in [2.05, 4.69) is 28.7 Å². The van der Waals surface area contributed by atoms with E-state index in [9.17, 15) is 4.79 Å². The first-order valence-corrected chi connectivity index (χ1v) is 8.28. The fourth-order valence-corrected chi connectivity index (χ4v) is 3.23. The van der Waals surface area contributed by atoms with Crippen LogP contribution in [0.5, 0.6) is 0 Å². The largest absolute Gasteiger partial charge is 0.376 e. The smallest absolute Gasteiger partial charge is 0.244 e. The predicted octanol–water partition coefficient (Wildman–Crippen LogP) is 3.67. The quantitative estimate of drug-likeness (QED) is 0.885. The molecule has 0 spiro atoms. The highest BCUT2D eigenvalue weighted by Crippen LogP contribution is 2.31. The lowest BCUT2D eigenvalue weighted by atomic mass is 10.1. The fraction of sp³-hybridized carbons (Fsp3) is 0.444. The topological polar surface area (TPSA) is 59.0 Å². The van der Waals surface area contributed by atoms with Crippen molar-refractivity contribution in [2.45, 2.75) is 45.6 Å². The second-order valence-corrected chi connectivity index (χ2v) is 6.32. The van der Waals surface area contributed by atoms with Crippen molar-refractivity contribution in [3.05, 3.63) is 41.6 Å². The first-order valence-electron chi connectivity index (χ1n) is 8.28. The van der Waals surface area contributed by atoms with E-state index in [1.54, 1.807) is 6.20 Å². The van der Waals surface area contributed by atoms with Gasteiger partial charge in [0.2, 0.25) is 5.91 Å². The van der Waals surface area contributed by atoms with Crippen molar-refractivity contribution in [1.29, 1.82) is 0 Å². The number of hydrogen-bond acceptors (Lipinski definition) is 3. The summed E-state index contributed by atoms with van der Waals surface area (Å²) >= 11 is 0. The van der Waals surface area contributed by atoms with Crippen molar-refractivity contribution in [2.75, 3.05) is 17.2 Å². The second-order valence-electron chi connectivity index (χ2n) is 6.32. The minimum atomic E-state index is -0.0512. The van der Waals surface area contributed by atoms with Gasteiger partial charge < -0.3 is 10.6 Å². The fourth-order valence-electron chi connectivity index (χ4n) is 3.23. The molecule has 0 radical (unpaired) electrons. The molecule has 2 aromatic rings. The number of carbonyl (C=O) groups is 1. The molecule has 0 atom stereocenters. The summed E-state index contributed by atoms with van der Waals surface area (Å²) in [5.41, 5.74) is 3.36. The van der Waals surface area contributed by atoms with Crippen LogP contribution in [0.25, 0.3) is 0 Å². The Kier molecular flexibility index (Phi) is 4.65. The van der Waals surface area contributed by atoms with Gasteiger partial charge in [0.25, 0.3) is 0 Å². The van der Waals surface area contributed by atoms with Crippen molar-refractivity contribution >= 4 is 17.4 Å². The molecular formula is C18H24N4O. The highest BCUT2D eigenvalue weighted by Gasteiger charge is 2.20. The standard InChI is InChI=1S/C18H24N4O/c1-13-7-8-16(14(2)11-13)19-12-18(23)21-17-9-10-20-22(17)15-5-3-4-6-15/h7-11,15,19H,3-6,12H2,1-2H3,(H,21,23). The van der Waals surface area contributed by atoms with E-state index in [0.717, 1.165) is 29.9 Å². The minimum absolute atomic E-state index is 0.0512. The van der Waals surface area contributed by atoms with Crippen molar-refractivity contribution in [3.63, 3.8) is 0 Å². The molecule has 1 fully saturated rings. The molecule has 1 heterocycles. The molecule has 1 amide bonds. The first-order chi connectivity index (χ1) is 11.1. The van der Waals surface area contributed by atoms with Crippen LogP contribution in [0.2, 0.25) is 0 Å². The van der Waals surface area contributed by atoms with Crippen molar-refractivity contribution in [1.82, 2.24) is 9.78 Å². The van der Waals surface area contributed by atoms with Gasteiger partial charge in [-0.2, -0.15) is 5.10 Å². The zero-order valence-corrected chi connectivity index (χ0v) is 13.8. The van der Waals surface area contributed by atoms with Gasteiger partial charge in [-0.15, -0.1) is 0 Å². The summed E-state index contributed by atoms with van der Waals surface area (Å²) in [6, 6.07) is 8.46. The van der Waals surface area contributed by atoms with Crippen LogP contribution < -0.4 is 10.6 Å². The first kappa shape index (κ1) is 15.6. The molecule has 0 unspecified atom stereocenters. The maximum atomic E-state index is 12.2. The van der Waals surface area contributed by atoms with E-state index in [4.69, 9.17) is 0 Å². The van der Waals surface area contributed by atoms with E-state index in [1.165, 1.54) is 18.4 Å². The number of benzene rings is 1. The van der Waals surface area contributed by atoms with Crippen LogP contribution in [0.15, 0.2) is 30.5 Å². The minimum Gasteiger partial charge on any atom is -0.376 e. The number of nitrogens with one attached hydrogen (secondary N) is 2. The second kappa shape index (κ2) is 6.86. The number of hydrogen-bond donors (Lipinski definition) is 2. The Hall–Kier alpha value is -2.30. The summed E-state index contributed by atoms with van der Waals surface area (Å²) in [7, 11) is 0. The Balaban J connectivity index is 1.58. The third-order valence-electron chi connectivity index (χ3n) is 4.43. The van der Waals surface area contributed by atoms with Crippen LogP contribution in [-0.2, 0) is 4.79 Å². The SMILES string of the molecule is Cc1ccc(NCC(=O)Nc2ccnn2C2CCCC2)c(C)c1. The summed E-state index contributed by atoms with van der Waals surface area (Å²) in [6.45, 7) is 4.36. The van der Waals surface area contributed by atoms with E-state index in [0.29, 0.717) is 6.04 Å². The third kappa shape index (κ3) is 3.73. The van der Waals surface area contributed by atoms with E-state index in [-0.39, 0.29) is 12.5 Å². The molecule has 1 saturated carbocycles. The van der Waals surface area contributed by atoms with Crippen LogP contribution in [0.3, 0.4) is 0 Å². The summed E-state index contributed by atoms with van der Waals surface area (Å²) in [6.07, 6.45) is 6.53. The summed E-state index contributed by atoms with van der Waals surface area (Å²) in [5, 5.41) is 10.5. The molecule has 1 aromatic carbocycles. The molecule has 0 aliphatic heterocycles. The molecule has 5 nitrogen and oxygen atoms in total. The highest BCUT2D eigenvalue weighted by atomic mass is 16.2. The normalized spacial score (nSPS) is 14.9. The predicted molar refractivity (Wildman–Crippen MR) is 92.8 cm³/mol. The van der Waals surface area contributed by atoms with Gasteiger partial charge in [0.15, 0.2) is 0 Å². The highest BCUT2D eigenvalue weighted by molar-refractivity contribution is 5.93. The van der Waals surface area contributed by atoms with Gasteiger partial charge in [0, 0.05) is 11.8 Å². The number of nitrogens with zero attached hydrogens (tertiary/aromatic N) is 2. The van der Waals surface area contributed by atoms with Gasteiger partial charge in [-0.3, -0.25) is 4.79 Å². The Morgan fingerprint density at radius 2 is 2.04 bits per heavy atom. The average Bonchev–Trinajstić information content (AvgIpc) is 3.17. The molecule has 1 aromatic heterocycles. The lowest BCUT2D eigenvalue weighted by Crippen LogP contribution is -2.24. The van der Waals surface area contributed by atoms with Crippen LogP contribution >= 0.6 is 0 Å². The average molecular weight is 312 g/mol. The molecule has 122 valence electrons. The van der Waals surface area contributed by atoms with E-state index < -0.39 is 0 Å². The molecule has 0 saturated heterocycles. The van der Waals surface area contributed by atoms with Crippen LogP contribution in [-0.4, -0.2) is 22.2 Å². The molecule has 1 aliphatic carbocycles. The lowest BCUT2D eigenvalue weighted by molar-refractivity contribution is -0.114. The molecular weight excluding hydrogens is 288 g/mol. The van der Waals surface area contributed by atoms with Gasteiger partial charge in [0.05, 0.1) is 18.8 Å². The number of aromatic nitrogens is 2. The Morgan fingerprint density at radius 1 is 1.26 bits per heavy atom. The molecule has 23 heavy (non-hydrogen) atoms. The Bertz CT molecular complexity index is 686. The van der Waals surface area contributed by atoms with Gasteiger partial charge in [-0.1, -0.05) is 30.5 Å². The van der Waals surface area contributed by atoms with Gasteiger partial charge in [0.1, 0.15) is 5.82 Å². The summed E-state index contributed by atoms with van der Waals surface area (Å²) in [4.78, 5) is 12.2. The number of amides is 1. The number of anilines is 2. The summed E-state index contributed by atoms with van der Waals surface area (Å²) in [5.74, 6) is 0.744. The Labute approximate surface area is 137 Å². The molecule has 0 bridgehead atoms. The van der Waals surface area contributed by atoms with Crippen molar-refractivity contribution < 1.29 is 4.79 Å². The van der Waals surface area contributed by atoms with Gasteiger partial charge in [-0.25, -0.2) is 4.68 Å².